The highest BCUT2D eigenvalue weighted by molar-refractivity contribution is 7.10. The number of hydrogen-bond donors (Lipinski definition) is 2. The van der Waals surface area contributed by atoms with Gasteiger partial charge in [0.2, 0.25) is 11.8 Å². The van der Waals surface area contributed by atoms with E-state index >= 15 is 0 Å². The number of carbonyl (C=O) groups is 2. The first kappa shape index (κ1) is 16.7. The van der Waals surface area contributed by atoms with E-state index in [1.54, 1.807) is 23.5 Å². The van der Waals surface area contributed by atoms with Crippen molar-refractivity contribution < 1.29 is 14.3 Å². The SMILES string of the molecule is CCOC1CC1C(=O)Nc1ccccc1NC(=O)Cc1cccs1. The first-order chi connectivity index (χ1) is 11.7. The van der Waals surface area contributed by atoms with E-state index in [-0.39, 0.29) is 23.8 Å². The van der Waals surface area contributed by atoms with Gasteiger partial charge in [0.15, 0.2) is 0 Å². The van der Waals surface area contributed by atoms with Crippen LogP contribution in [0.5, 0.6) is 0 Å². The van der Waals surface area contributed by atoms with Crippen molar-refractivity contribution >= 4 is 34.5 Å². The van der Waals surface area contributed by atoms with Gasteiger partial charge in [-0.05, 0) is 36.9 Å². The van der Waals surface area contributed by atoms with Crippen molar-refractivity contribution in [2.75, 3.05) is 17.2 Å². The molecule has 2 amide bonds. The van der Waals surface area contributed by atoms with Gasteiger partial charge in [0.1, 0.15) is 0 Å². The van der Waals surface area contributed by atoms with Gasteiger partial charge < -0.3 is 15.4 Å². The lowest BCUT2D eigenvalue weighted by atomic mass is 10.2. The van der Waals surface area contributed by atoms with Crippen LogP contribution < -0.4 is 10.6 Å². The molecule has 0 aliphatic heterocycles. The van der Waals surface area contributed by atoms with Crippen molar-refractivity contribution in [3.8, 4) is 0 Å². The summed E-state index contributed by atoms with van der Waals surface area (Å²) in [6.07, 6.45) is 1.11. The topological polar surface area (TPSA) is 67.4 Å². The van der Waals surface area contributed by atoms with Gasteiger partial charge in [-0.3, -0.25) is 9.59 Å². The number of hydrogen-bond acceptors (Lipinski definition) is 4. The third-order valence-electron chi connectivity index (χ3n) is 3.82. The van der Waals surface area contributed by atoms with Crippen molar-refractivity contribution in [3.05, 3.63) is 46.7 Å². The summed E-state index contributed by atoms with van der Waals surface area (Å²) in [5.74, 6) is -0.258. The zero-order valence-electron chi connectivity index (χ0n) is 13.5. The van der Waals surface area contributed by atoms with E-state index in [0.29, 0.717) is 24.4 Å². The van der Waals surface area contributed by atoms with Gasteiger partial charge in [-0.15, -0.1) is 11.3 Å². The van der Waals surface area contributed by atoms with Crippen molar-refractivity contribution in [1.29, 1.82) is 0 Å². The molecule has 5 nitrogen and oxygen atoms in total. The third kappa shape index (κ3) is 4.21. The maximum atomic E-state index is 12.3. The molecule has 1 heterocycles. The second-order valence-electron chi connectivity index (χ2n) is 5.68. The Hall–Kier alpha value is -2.18. The lowest BCUT2D eigenvalue weighted by Crippen LogP contribution is -2.19. The number of anilines is 2. The van der Waals surface area contributed by atoms with Crippen molar-refractivity contribution in [1.82, 2.24) is 0 Å². The normalized spacial score (nSPS) is 18.9. The Kier molecular flexibility index (Phi) is 5.27. The average Bonchev–Trinajstić information content (AvgIpc) is 3.15. The molecule has 2 atom stereocenters. The Morgan fingerprint density at radius 2 is 1.92 bits per heavy atom. The van der Waals surface area contributed by atoms with Gasteiger partial charge in [-0.25, -0.2) is 0 Å². The fourth-order valence-corrected chi connectivity index (χ4v) is 3.24. The molecule has 1 aromatic carbocycles. The second kappa shape index (κ2) is 7.59. The number of rotatable bonds is 7. The van der Waals surface area contributed by atoms with Crippen LogP contribution in [0.1, 0.15) is 18.2 Å². The minimum atomic E-state index is -0.0993. The molecule has 1 fully saturated rings. The Bertz CT molecular complexity index is 715. The molecule has 1 aliphatic rings. The van der Waals surface area contributed by atoms with Crippen LogP contribution >= 0.6 is 11.3 Å². The molecular weight excluding hydrogens is 324 g/mol. The highest BCUT2D eigenvalue weighted by Crippen LogP contribution is 2.35. The van der Waals surface area contributed by atoms with Gasteiger partial charge >= 0.3 is 0 Å². The van der Waals surface area contributed by atoms with E-state index < -0.39 is 0 Å². The fourth-order valence-electron chi connectivity index (χ4n) is 2.54. The Balaban J connectivity index is 1.60. The average molecular weight is 344 g/mol. The third-order valence-corrected chi connectivity index (χ3v) is 4.70. The van der Waals surface area contributed by atoms with Crippen LogP contribution in [0.25, 0.3) is 0 Å². The quantitative estimate of drug-likeness (QED) is 0.810. The lowest BCUT2D eigenvalue weighted by Gasteiger charge is -2.12. The summed E-state index contributed by atoms with van der Waals surface area (Å²) in [6, 6.07) is 11.1. The van der Waals surface area contributed by atoms with Crippen LogP contribution in [0.4, 0.5) is 11.4 Å². The number of para-hydroxylation sites is 2. The molecule has 0 radical (unpaired) electrons. The number of nitrogens with one attached hydrogen (secondary N) is 2. The maximum absolute atomic E-state index is 12.3. The summed E-state index contributed by atoms with van der Waals surface area (Å²) in [5.41, 5.74) is 1.23. The standard InChI is InChI=1S/C18H20N2O3S/c1-2-23-16-11-13(16)18(22)20-15-8-4-3-7-14(15)19-17(21)10-12-6-5-9-24-12/h3-9,13,16H,2,10-11H2,1H3,(H,19,21)(H,20,22). The van der Waals surface area contributed by atoms with Crippen molar-refractivity contribution in [2.24, 2.45) is 5.92 Å². The number of ether oxygens (including phenoxy) is 1. The Labute approximate surface area is 145 Å². The molecule has 0 spiro atoms. The first-order valence-corrected chi connectivity index (χ1v) is 8.89. The minimum absolute atomic E-state index is 0.0237. The van der Waals surface area contributed by atoms with E-state index in [1.807, 2.05) is 36.6 Å². The molecule has 0 saturated heterocycles. The van der Waals surface area contributed by atoms with Gasteiger partial charge in [0.05, 0.1) is 29.8 Å². The van der Waals surface area contributed by atoms with Crippen LogP contribution in [0.15, 0.2) is 41.8 Å². The molecular formula is C18H20N2O3S. The number of carbonyl (C=O) groups excluding carboxylic acids is 2. The van der Waals surface area contributed by atoms with E-state index in [1.165, 1.54) is 0 Å². The maximum Gasteiger partial charge on any atom is 0.230 e. The fraction of sp³-hybridized carbons (Fsp3) is 0.333. The highest BCUT2D eigenvalue weighted by atomic mass is 32.1. The van der Waals surface area contributed by atoms with Crippen LogP contribution in [0.3, 0.4) is 0 Å². The van der Waals surface area contributed by atoms with E-state index in [0.717, 1.165) is 11.3 Å². The number of benzene rings is 1. The molecule has 6 heteroatoms. The van der Waals surface area contributed by atoms with Gasteiger partial charge in [0, 0.05) is 11.5 Å². The van der Waals surface area contributed by atoms with Gasteiger partial charge in [-0.2, -0.15) is 0 Å². The molecule has 1 aromatic heterocycles. The van der Waals surface area contributed by atoms with Crippen LogP contribution in [0, 0.1) is 5.92 Å². The minimum Gasteiger partial charge on any atom is -0.378 e. The summed E-state index contributed by atoms with van der Waals surface area (Å²) >= 11 is 1.55. The molecule has 126 valence electrons. The molecule has 1 saturated carbocycles. The van der Waals surface area contributed by atoms with E-state index in [2.05, 4.69) is 10.6 Å². The Morgan fingerprint density at radius 3 is 2.58 bits per heavy atom. The number of amides is 2. The molecule has 2 unspecified atom stereocenters. The summed E-state index contributed by atoms with van der Waals surface area (Å²) in [6.45, 7) is 2.54. The second-order valence-corrected chi connectivity index (χ2v) is 6.71. The summed E-state index contributed by atoms with van der Waals surface area (Å²) in [4.78, 5) is 25.4. The monoisotopic (exact) mass is 344 g/mol. The predicted octanol–water partition coefficient (Wildman–Crippen LogP) is 3.29. The van der Waals surface area contributed by atoms with Crippen LogP contribution in [-0.2, 0) is 20.7 Å². The highest BCUT2D eigenvalue weighted by Gasteiger charge is 2.44. The Morgan fingerprint density at radius 1 is 1.17 bits per heavy atom. The zero-order chi connectivity index (χ0) is 16.9. The van der Waals surface area contributed by atoms with Crippen LogP contribution in [-0.4, -0.2) is 24.5 Å². The molecule has 24 heavy (non-hydrogen) atoms. The van der Waals surface area contributed by atoms with Gasteiger partial charge in [0.25, 0.3) is 0 Å². The number of thiophene rings is 1. The largest absolute Gasteiger partial charge is 0.378 e. The summed E-state index contributed by atoms with van der Waals surface area (Å²) < 4.78 is 5.45. The zero-order valence-corrected chi connectivity index (χ0v) is 14.3. The predicted molar refractivity (Wildman–Crippen MR) is 95.2 cm³/mol. The lowest BCUT2D eigenvalue weighted by molar-refractivity contribution is -0.118. The molecule has 3 rings (SSSR count). The molecule has 1 aliphatic carbocycles. The van der Waals surface area contributed by atoms with Crippen molar-refractivity contribution in [2.45, 2.75) is 25.9 Å². The molecule has 0 bridgehead atoms. The van der Waals surface area contributed by atoms with E-state index in [9.17, 15) is 9.59 Å². The smallest absolute Gasteiger partial charge is 0.230 e. The van der Waals surface area contributed by atoms with E-state index in [4.69, 9.17) is 4.74 Å². The molecule has 2 aromatic rings. The summed E-state index contributed by atoms with van der Waals surface area (Å²) in [7, 11) is 0. The van der Waals surface area contributed by atoms with Gasteiger partial charge in [-0.1, -0.05) is 18.2 Å². The summed E-state index contributed by atoms with van der Waals surface area (Å²) in [5, 5.41) is 7.71. The first-order valence-electron chi connectivity index (χ1n) is 8.01. The van der Waals surface area contributed by atoms with Crippen LogP contribution in [0.2, 0.25) is 0 Å². The van der Waals surface area contributed by atoms with Crippen molar-refractivity contribution in [3.63, 3.8) is 0 Å². The molecule has 2 N–H and O–H groups in total.